The summed E-state index contributed by atoms with van der Waals surface area (Å²) in [6.45, 7) is 6.46. The molecule has 0 bridgehead atoms. The molecule has 6 heteroatoms. The molecular weight excluding hydrogens is 514 g/mol. The van der Waals surface area contributed by atoms with Crippen LogP contribution in [-0.4, -0.2) is 48.4 Å². The molecule has 1 aromatic rings. The van der Waals surface area contributed by atoms with Crippen molar-refractivity contribution in [3.05, 3.63) is 52.6 Å². The average molecular weight is 562 g/mol. The van der Waals surface area contributed by atoms with Crippen molar-refractivity contribution in [1.82, 2.24) is 0 Å². The lowest BCUT2D eigenvalue weighted by Gasteiger charge is -2.55. The summed E-state index contributed by atoms with van der Waals surface area (Å²) < 4.78 is 6.05. The summed E-state index contributed by atoms with van der Waals surface area (Å²) in [5.41, 5.74) is 4.94. The van der Waals surface area contributed by atoms with E-state index in [0.717, 1.165) is 64.3 Å². The van der Waals surface area contributed by atoms with E-state index in [1.165, 1.54) is 34.9 Å². The van der Waals surface area contributed by atoms with Crippen LogP contribution in [0.3, 0.4) is 0 Å². The molecule has 0 saturated heterocycles. The van der Waals surface area contributed by atoms with Gasteiger partial charge in [0.2, 0.25) is 0 Å². The Labute approximate surface area is 245 Å². The molecule has 0 heterocycles. The number of benzene rings is 1. The molecule has 0 aliphatic heterocycles. The minimum Gasteiger partial charge on any atom is -0.451 e. The van der Waals surface area contributed by atoms with E-state index in [9.17, 15) is 14.4 Å². The van der Waals surface area contributed by atoms with Crippen LogP contribution in [0.5, 0.6) is 0 Å². The van der Waals surface area contributed by atoms with Gasteiger partial charge in [0.05, 0.1) is 0 Å². The fraction of sp³-hybridized carbons (Fsp3) is 0.629. The number of carbonyl (C=O) groups excluding carboxylic acids is 3. The number of anilines is 1. The van der Waals surface area contributed by atoms with Crippen molar-refractivity contribution in [1.29, 1.82) is 0 Å². The van der Waals surface area contributed by atoms with Crippen molar-refractivity contribution < 1.29 is 24.2 Å². The molecule has 0 spiro atoms. The van der Waals surface area contributed by atoms with Crippen molar-refractivity contribution in [3.8, 4) is 0 Å². The van der Waals surface area contributed by atoms with Gasteiger partial charge < -0.3 is 14.7 Å². The third-order valence-corrected chi connectivity index (χ3v) is 10.9. The van der Waals surface area contributed by atoms with Crippen molar-refractivity contribution in [3.63, 3.8) is 0 Å². The van der Waals surface area contributed by atoms with E-state index in [4.69, 9.17) is 9.84 Å². The van der Waals surface area contributed by atoms with Gasteiger partial charge in [0.25, 0.3) is 0 Å². The van der Waals surface area contributed by atoms with E-state index >= 15 is 0 Å². The fourth-order valence-corrected chi connectivity index (χ4v) is 8.91. The highest BCUT2D eigenvalue weighted by Gasteiger charge is 2.67. The molecule has 5 unspecified atom stereocenters. The number of aliphatic hydroxyl groups excluding tert-OH is 1. The van der Waals surface area contributed by atoms with E-state index in [-0.39, 0.29) is 36.0 Å². The van der Waals surface area contributed by atoms with Crippen molar-refractivity contribution >= 4 is 23.2 Å². The molecule has 4 aliphatic carbocycles. The van der Waals surface area contributed by atoms with E-state index < -0.39 is 11.0 Å². The van der Waals surface area contributed by atoms with Gasteiger partial charge in [-0.15, -0.1) is 0 Å². The second-order valence-corrected chi connectivity index (χ2v) is 13.2. The van der Waals surface area contributed by atoms with Crippen LogP contribution in [0.2, 0.25) is 0 Å². The molecule has 0 radical (unpaired) electrons. The van der Waals surface area contributed by atoms with Gasteiger partial charge in [-0.3, -0.25) is 14.4 Å². The molecular formula is C35H47NO5. The molecule has 0 amide bonds. The zero-order valence-corrected chi connectivity index (χ0v) is 25.3. The summed E-state index contributed by atoms with van der Waals surface area (Å²) in [7, 11) is 2.13. The van der Waals surface area contributed by atoms with E-state index in [1.54, 1.807) is 6.92 Å². The van der Waals surface area contributed by atoms with Crippen LogP contribution >= 0.6 is 0 Å². The summed E-state index contributed by atoms with van der Waals surface area (Å²) in [4.78, 5) is 40.4. The Morgan fingerprint density at radius 1 is 1.02 bits per heavy atom. The van der Waals surface area contributed by atoms with Crippen LogP contribution in [0.1, 0.15) is 103 Å². The first kappa shape index (κ1) is 29.8. The first-order valence-corrected chi connectivity index (χ1v) is 15.7. The third kappa shape index (κ3) is 5.33. The summed E-state index contributed by atoms with van der Waals surface area (Å²) in [6, 6.07) is 8.92. The number of unbranched alkanes of at least 4 members (excludes halogenated alkanes) is 3. The van der Waals surface area contributed by atoms with Gasteiger partial charge in [-0.25, -0.2) is 0 Å². The van der Waals surface area contributed by atoms with Gasteiger partial charge in [0.1, 0.15) is 0 Å². The lowest BCUT2D eigenvalue weighted by molar-refractivity contribution is -0.182. The maximum atomic E-state index is 13.3. The predicted molar refractivity (Wildman–Crippen MR) is 161 cm³/mol. The molecule has 1 N–H and O–H groups in total. The number of Topliss-reactive ketones (excluding diaryl/α,β-unsaturated/α-hetero) is 1. The number of hydrogen-bond donors (Lipinski definition) is 1. The van der Waals surface area contributed by atoms with Gasteiger partial charge in [-0.2, -0.15) is 0 Å². The molecule has 5 rings (SSSR count). The highest BCUT2D eigenvalue weighted by atomic mass is 16.6. The Morgan fingerprint density at radius 3 is 2.44 bits per heavy atom. The van der Waals surface area contributed by atoms with Gasteiger partial charge in [-0.05, 0) is 105 Å². The first-order valence-electron chi connectivity index (χ1n) is 15.7. The molecule has 222 valence electrons. The number of fused-ring (bicyclic) bond motifs is 4. The number of rotatable bonds is 10. The van der Waals surface area contributed by atoms with Gasteiger partial charge in [0.15, 0.2) is 17.2 Å². The number of hydrogen-bond acceptors (Lipinski definition) is 6. The summed E-state index contributed by atoms with van der Waals surface area (Å²) >= 11 is 0. The second kappa shape index (κ2) is 11.9. The maximum Gasteiger partial charge on any atom is 0.303 e. The van der Waals surface area contributed by atoms with Crippen molar-refractivity contribution in [2.45, 2.75) is 103 Å². The monoisotopic (exact) mass is 561 g/mol. The SMILES string of the molecule is CC(=O)OC1(C(C)=O)CCC2C3CCC4=CC(=O)CCC4=C3C(c3ccc(N(C)CCCCCCO)cc3)CC21C. The van der Waals surface area contributed by atoms with Crippen LogP contribution < -0.4 is 4.90 Å². The summed E-state index contributed by atoms with van der Waals surface area (Å²) in [5.74, 6) is 0.500. The highest BCUT2D eigenvalue weighted by Crippen LogP contribution is 2.67. The summed E-state index contributed by atoms with van der Waals surface area (Å²) in [5, 5.41) is 9.02. The maximum absolute atomic E-state index is 13.3. The van der Waals surface area contributed by atoms with Crippen molar-refractivity contribution in [2.24, 2.45) is 17.3 Å². The van der Waals surface area contributed by atoms with Crippen molar-refractivity contribution in [2.75, 3.05) is 25.1 Å². The smallest absolute Gasteiger partial charge is 0.303 e. The Bertz CT molecular complexity index is 1250. The Kier molecular flexibility index (Phi) is 8.61. The zero-order chi connectivity index (χ0) is 29.4. The number of ether oxygens (including phenoxy) is 1. The highest BCUT2D eigenvalue weighted by molar-refractivity contribution is 5.93. The minimum atomic E-state index is -1.09. The number of esters is 1. The quantitative estimate of drug-likeness (QED) is 0.261. The average Bonchev–Trinajstić information content (AvgIpc) is 3.24. The van der Waals surface area contributed by atoms with Gasteiger partial charge in [0, 0.05) is 50.6 Å². The summed E-state index contributed by atoms with van der Waals surface area (Å²) in [6.07, 6.45) is 11.5. The lowest BCUT2D eigenvalue weighted by atomic mass is 9.50. The predicted octanol–water partition coefficient (Wildman–Crippen LogP) is 6.47. The Morgan fingerprint density at radius 2 is 1.76 bits per heavy atom. The molecule has 2 saturated carbocycles. The molecule has 1 aromatic carbocycles. The van der Waals surface area contributed by atoms with Crippen LogP contribution in [0.4, 0.5) is 5.69 Å². The molecule has 5 atom stereocenters. The van der Waals surface area contributed by atoms with Crippen LogP contribution in [0.25, 0.3) is 0 Å². The molecule has 41 heavy (non-hydrogen) atoms. The van der Waals surface area contributed by atoms with Gasteiger partial charge in [-0.1, -0.05) is 37.5 Å². The van der Waals surface area contributed by atoms with Gasteiger partial charge >= 0.3 is 5.97 Å². The lowest BCUT2D eigenvalue weighted by Crippen LogP contribution is -2.57. The number of ketones is 2. The normalized spacial score (nSPS) is 30.7. The second-order valence-electron chi connectivity index (χ2n) is 13.2. The number of allylic oxidation sites excluding steroid dienone is 4. The standard InChI is InChI=1S/C35H47NO5/c1-23(38)35(41-24(2)39)18-17-32-30-15-11-26-21-28(40)14-16-29(26)33(30)31(22-34(32,35)3)25-9-12-27(13-10-25)36(4)19-7-5-6-8-20-37/h9-10,12-13,21,30-32,37H,5-8,11,14-20,22H2,1-4H3. The van der Waals surface area contributed by atoms with E-state index in [1.807, 2.05) is 6.08 Å². The fourth-order valence-electron chi connectivity index (χ4n) is 8.91. The topological polar surface area (TPSA) is 83.9 Å². The number of carbonyl (C=O) groups is 3. The van der Waals surface area contributed by atoms with Crippen LogP contribution in [0, 0.1) is 17.3 Å². The third-order valence-electron chi connectivity index (χ3n) is 10.9. The Balaban J connectivity index is 1.51. The largest absolute Gasteiger partial charge is 0.451 e. The number of nitrogens with zero attached hydrogens (tertiary/aromatic N) is 1. The Hall–Kier alpha value is -2.73. The molecule has 6 nitrogen and oxygen atoms in total. The zero-order valence-electron chi connectivity index (χ0n) is 25.3. The molecule has 2 fully saturated rings. The van der Waals surface area contributed by atoms with E-state index in [0.29, 0.717) is 18.8 Å². The molecule has 4 aliphatic rings. The van der Waals surface area contributed by atoms with E-state index in [2.05, 4.69) is 43.1 Å². The molecule has 0 aromatic heterocycles. The first-order chi connectivity index (χ1) is 19.6. The van der Waals surface area contributed by atoms with Crippen LogP contribution in [-0.2, 0) is 19.1 Å². The minimum absolute atomic E-state index is 0.0387. The number of aliphatic hydroxyl groups is 1. The van der Waals surface area contributed by atoms with Crippen LogP contribution in [0.15, 0.2) is 47.1 Å².